The van der Waals surface area contributed by atoms with Crippen molar-refractivity contribution >= 4 is 46.6 Å². The van der Waals surface area contributed by atoms with Gasteiger partial charge in [0.05, 0.1) is 21.3 Å². The van der Waals surface area contributed by atoms with E-state index in [-0.39, 0.29) is 44.2 Å². The lowest BCUT2D eigenvalue weighted by atomic mass is 9.97. The fourth-order valence-corrected chi connectivity index (χ4v) is 5.74. The van der Waals surface area contributed by atoms with Crippen molar-refractivity contribution in [2.45, 2.75) is 69.5 Å². The number of esters is 3. The molecule has 1 heterocycles. The smallest absolute Gasteiger partial charge is 0.328 e. The van der Waals surface area contributed by atoms with Crippen LogP contribution in [0.5, 0.6) is 0 Å². The first-order valence-electron chi connectivity index (χ1n) is 16.9. The van der Waals surface area contributed by atoms with Crippen molar-refractivity contribution in [2.24, 2.45) is 11.7 Å². The van der Waals surface area contributed by atoms with Gasteiger partial charge in [-0.05, 0) is 67.3 Å². The third kappa shape index (κ3) is 12.5. The SMILES string of the molecule is COC(=O)CC[C@H](NC(=O)NC(CCCCNC(=O)[C@H](Cc1ccc2ccccc2c1)NC(=O)N1CCC(CN)CC1)C(=O)OC)C(=O)OC. The summed E-state index contributed by atoms with van der Waals surface area (Å²) >= 11 is 0. The molecule has 0 bridgehead atoms. The Balaban J connectivity index is 1.56. The number of carbonyl (C=O) groups is 6. The number of nitrogens with one attached hydrogen (secondary N) is 4. The van der Waals surface area contributed by atoms with Crippen LogP contribution < -0.4 is 27.0 Å². The standard InChI is InChI=1S/C35H50N6O9/c1-48-30(42)14-13-28(33(45)50-3)39-34(46)38-27(32(44)49-2)10-6-7-17-37-31(43)29(40-35(47)41-18-15-23(22-36)16-19-41)21-24-11-12-25-8-4-5-9-26(25)20-24/h4-5,8-9,11-12,20,23,27-29H,6-7,10,13-19,21-22,36H2,1-3H3,(H,37,43)(H,40,47)(H2,38,39,46)/t27?,28-,29-/m0/s1. The summed E-state index contributed by atoms with van der Waals surface area (Å²) in [6.07, 6.45) is 2.77. The predicted molar refractivity (Wildman–Crippen MR) is 185 cm³/mol. The Labute approximate surface area is 292 Å². The van der Waals surface area contributed by atoms with Gasteiger partial charge in [-0.25, -0.2) is 19.2 Å². The van der Waals surface area contributed by atoms with E-state index in [1.807, 2.05) is 42.5 Å². The number of carbonyl (C=O) groups excluding carboxylic acids is 6. The molecule has 2 aromatic carbocycles. The molecular formula is C35H50N6O9. The lowest BCUT2D eigenvalue weighted by molar-refractivity contribution is -0.144. The summed E-state index contributed by atoms with van der Waals surface area (Å²) < 4.78 is 14.1. The number of urea groups is 2. The van der Waals surface area contributed by atoms with Crippen LogP contribution >= 0.6 is 0 Å². The lowest BCUT2D eigenvalue weighted by Crippen LogP contribution is -2.53. The second-order valence-corrected chi connectivity index (χ2v) is 12.2. The molecule has 1 aliphatic rings. The molecule has 274 valence electrons. The minimum atomic E-state index is -1.14. The zero-order valence-corrected chi connectivity index (χ0v) is 29.0. The quantitative estimate of drug-likeness (QED) is 0.0919. The molecule has 6 N–H and O–H groups in total. The molecule has 1 fully saturated rings. The number of unbranched alkanes of at least 4 members (excludes halogenated alkanes) is 1. The number of piperidine rings is 1. The van der Waals surface area contributed by atoms with Gasteiger partial charge in [-0.15, -0.1) is 0 Å². The summed E-state index contributed by atoms with van der Waals surface area (Å²) in [6.45, 7) is 1.98. The van der Waals surface area contributed by atoms with E-state index in [1.165, 1.54) is 14.2 Å². The van der Waals surface area contributed by atoms with E-state index in [1.54, 1.807) is 4.90 Å². The summed E-state index contributed by atoms with van der Waals surface area (Å²) in [7, 11) is 3.54. The van der Waals surface area contributed by atoms with Crippen LogP contribution in [-0.2, 0) is 39.8 Å². The van der Waals surface area contributed by atoms with Crippen molar-refractivity contribution in [3.63, 3.8) is 0 Å². The van der Waals surface area contributed by atoms with Crippen molar-refractivity contribution in [3.8, 4) is 0 Å². The molecule has 5 amide bonds. The number of hydrogen-bond donors (Lipinski definition) is 5. The Hall–Kier alpha value is -4.92. The van der Waals surface area contributed by atoms with E-state index in [4.69, 9.17) is 15.2 Å². The first-order valence-corrected chi connectivity index (χ1v) is 16.9. The largest absolute Gasteiger partial charge is 0.469 e. The topological polar surface area (TPSA) is 207 Å². The van der Waals surface area contributed by atoms with Gasteiger partial charge in [0.25, 0.3) is 0 Å². The maximum absolute atomic E-state index is 13.5. The van der Waals surface area contributed by atoms with E-state index >= 15 is 0 Å². The number of benzene rings is 2. The summed E-state index contributed by atoms with van der Waals surface area (Å²) in [5.74, 6) is -1.98. The number of hydrogen-bond acceptors (Lipinski definition) is 10. The van der Waals surface area contributed by atoms with Crippen LogP contribution in [0, 0.1) is 5.92 Å². The molecule has 50 heavy (non-hydrogen) atoms. The summed E-state index contributed by atoms with van der Waals surface area (Å²) in [5, 5.41) is 12.9. The van der Waals surface area contributed by atoms with Gasteiger partial charge in [0.15, 0.2) is 0 Å². The van der Waals surface area contributed by atoms with E-state index in [2.05, 4.69) is 26.0 Å². The number of rotatable bonds is 17. The second kappa shape index (κ2) is 20.6. The lowest BCUT2D eigenvalue weighted by Gasteiger charge is -2.32. The van der Waals surface area contributed by atoms with Crippen LogP contribution in [0.3, 0.4) is 0 Å². The summed E-state index contributed by atoms with van der Waals surface area (Å²) in [5.41, 5.74) is 6.71. The van der Waals surface area contributed by atoms with Gasteiger partial charge in [0.2, 0.25) is 5.91 Å². The van der Waals surface area contributed by atoms with E-state index in [0.717, 1.165) is 36.3 Å². The monoisotopic (exact) mass is 698 g/mol. The van der Waals surface area contributed by atoms with Crippen molar-refractivity contribution in [1.29, 1.82) is 0 Å². The Morgan fingerprint density at radius 2 is 1.44 bits per heavy atom. The van der Waals surface area contributed by atoms with Gasteiger partial charge >= 0.3 is 30.0 Å². The van der Waals surface area contributed by atoms with Crippen LogP contribution in [-0.4, -0.2) is 106 Å². The van der Waals surface area contributed by atoms with Gasteiger partial charge in [0.1, 0.15) is 18.1 Å². The molecule has 0 radical (unpaired) electrons. The molecule has 1 aliphatic heterocycles. The minimum absolute atomic E-state index is 0.0650. The molecule has 15 heteroatoms. The van der Waals surface area contributed by atoms with E-state index in [0.29, 0.717) is 38.4 Å². The fourth-order valence-electron chi connectivity index (χ4n) is 5.74. The van der Waals surface area contributed by atoms with Crippen LogP contribution in [0.2, 0.25) is 0 Å². The fraction of sp³-hybridized carbons (Fsp3) is 0.543. The maximum atomic E-state index is 13.5. The van der Waals surface area contributed by atoms with Crippen molar-refractivity contribution in [1.82, 2.24) is 26.2 Å². The highest BCUT2D eigenvalue weighted by Crippen LogP contribution is 2.18. The molecule has 3 atom stereocenters. The van der Waals surface area contributed by atoms with Gasteiger partial charge < -0.3 is 46.1 Å². The molecule has 2 aromatic rings. The third-order valence-electron chi connectivity index (χ3n) is 8.77. The Kier molecular flexibility index (Phi) is 16.2. The van der Waals surface area contributed by atoms with Crippen LogP contribution in [0.25, 0.3) is 10.8 Å². The molecule has 0 aromatic heterocycles. The van der Waals surface area contributed by atoms with E-state index < -0.39 is 42.1 Å². The highest BCUT2D eigenvalue weighted by Gasteiger charge is 2.28. The van der Waals surface area contributed by atoms with Gasteiger partial charge in [-0.3, -0.25) is 9.59 Å². The Morgan fingerprint density at radius 1 is 0.800 bits per heavy atom. The van der Waals surface area contributed by atoms with Gasteiger partial charge in [0, 0.05) is 32.5 Å². The molecule has 0 spiro atoms. The summed E-state index contributed by atoms with van der Waals surface area (Å²) in [4.78, 5) is 77.1. The minimum Gasteiger partial charge on any atom is -0.469 e. The van der Waals surface area contributed by atoms with Crippen LogP contribution in [0.15, 0.2) is 42.5 Å². The average molecular weight is 699 g/mol. The number of likely N-dealkylation sites (tertiary alicyclic amines) is 1. The number of ether oxygens (including phenoxy) is 3. The number of nitrogens with two attached hydrogens (primary N) is 1. The van der Waals surface area contributed by atoms with E-state index in [9.17, 15) is 28.8 Å². The molecule has 1 saturated heterocycles. The molecule has 3 rings (SSSR count). The highest BCUT2D eigenvalue weighted by molar-refractivity contribution is 5.89. The normalized spacial score (nSPS) is 14.8. The molecular weight excluding hydrogens is 648 g/mol. The number of amides is 5. The van der Waals surface area contributed by atoms with Crippen molar-refractivity contribution in [3.05, 3.63) is 48.0 Å². The van der Waals surface area contributed by atoms with Crippen molar-refractivity contribution < 1.29 is 43.0 Å². The highest BCUT2D eigenvalue weighted by atomic mass is 16.5. The zero-order chi connectivity index (χ0) is 36.5. The van der Waals surface area contributed by atoms with Gasteiger partial charge in [-0.2, -0.15) is 0 Å². The zero-order valence-electron chi connectivity index (χ0n) is 29.0. The number of nitrogens with zero attached hydrogens (tertiary/aromatic N) is 1. The molecule has 0 saturated carbocycles. The average Bonchev–Trinajstić information content (AvgIpc) is 3.14. The first-order chi connectivity index (χ1) is 24.1. The second-order valence-electron chi connectivity index (χ2n) is 12.2. The Morgan fingerprint density at radius 3 is 2.06 bits per heavy atom. The first kappa shape index (κ1) is 39.5. The number of methoxy groups -OCH3 is 3. The van der Waals surface area contributed by atoms with Crippen LogP contribution in [0.4, 0.5) is 9.59 Å². The van der Waals surface area contributed by atoms with Gasteiger partial charge in [-0.1, -0.05) is 42.5 Å². The molecule has 1 unspecified atom stereocenters. The maximum Gasteiger partial charge on any atom is 0.328 e. The van der Waals surface area contributed by atoms with Crippen molar-refractivity contribution in [2.75, 3.05) is 47.5 Å². The summed E-state index contributed by atoms with van der Waals surface area (Å²) in [6, 6.07) is 9.72. The van der Waals surface area contributed by atoms with Crippen LogP contribution in [0.1, 0.15) is 50.5 Å². The molecule has 15 nitrogen and oxygen atoms in total. The number of fused-ring (bicyclic) bond motifs is 1. The third-order valence-corrected chi connectivity index (χ3v) is 8.77. The predicted octanol–water partition coefficient (Wildman–Crippen LogP) is 1.75. The molecule has 0 aliphatic carbocycles. The Bertz CT molecular complexity index is 1460.